The SMILES string of the molecule is Nc1occc1-c1cccnc1. The summed E-state index contributed by atoms with van der Waals surface area (Å²) in [4.78, 5) is 3.98. The Labute approximate surface area is 69.8 Å². The Morgan fingerprint density at radius 2 is 2.25 bits per heavy atom. The fraction of sp³-hybridized carbons (Fsp3) is 0. The van der Waals surface area contributed by atoms with E-state index in [0.29, 0.717) is 5.88 Å². The van der Waals surface area contributed by atoms with Crippen LogP contribution in [0.1, 0.15) is 0 Å². The second-order valence-corrected chi connectivity index (χ2v) is 2.44. The summed E-state index contributed by atoms with van der Waals surface area (Å²) in [6.07, 6.45) is 5.04. The quantitative estimate of drug-likeness (QED) is 0.693. The Bertz CT molecular complexity index is 367. The van der Waals surface area contributed by atoms with Crippen LogP contribution in [0.5, 0.6) is 0 Å². The lowest BCUT2D eigenvalue weighted by atomic mass is 10.1. The van der Waals surface area contributed by atoms with Crippen LogP contribution in [-0.4, -0.2) is 4.98 Å². The molecule has 0 aromatic carbocycles. The molecule has 0 aliphatic heterocycles. The number of nitrogen functional groups attached to an aromatic ring is 1. The van der Waals surface area contributed by atoms with Gasteiger partial charge in [0.1, 0.15) is 0 Å². The van der Waals surface area contributed by atoms with Crippen molar-refractivity contribution < 1.29 is 4.42 Å². The molecule has 0 saturated carbocycles. The van der Waals surface area contributed by atoms with Crippen LogP contribution in [0.4, 0.5) is 5.88 Å². The van der Waals surface area contributed by atoms with Gasteiger partial charge in [0.2, 0.25) is 0 Å². The minimum absolute atomic E-state index is 0.433. The summed E-state index contributed by atoms with van der Waals surface area (Å²) in [5, 5.41) is 0. The van der Waals surface area contributed by atoms with Gasteiger partial charge in [-0.3, -0.25) is 4.98 Å². The molecule has 0 unspecified atom stereocenters. The van der Waals surface area contributed by atoms with E-state index in [4.69, 9.17) is 10.2 Å². The second-order valence-electron chi connectivity index (χ2n) is 2.44. The van der Waals surface area contributed by atoms with E-state index in [-0.39, 0.29) is 0 Å². The molecule has 2 heterocycles. The van der Waals surface area contributed by atoms with Gasteiger partial charge >= 0.3 is 0 Å². The molecule has 0 radical (unpaired) electrons. The number of nitrogens with two attached hydrogens (primary N) is 1. The number of nitrogens with zero attached hydrogens (tertiary/aromatic N) is 1. The zero-order valence-corrected chi connectivity index (χ0v) is 6.40. The molecule has 0 aliphatic carbocycles. The van der Waals surface area contributed by atoms with Crippen LogP contribution in [0.15, 0.2) is 41.3 Å². The summed E-state index contributed by atoms with van der Waals surface area (Å²) < 4.78 is 4.97. The Hall–Kier alpha value is -1.77. The molecule has 0 fully saturated rings. The number of aromatic nitrogens is 1. The van der Waals surface area contributed by atoms with Gasteiger partial charge in [-0.1, -0.05) is 6.07 Å². The van der Waals surface area contributed by atoms with Gasteiger partial charge < -0.3 is 10.2 Å². The highest BCUT2D eigenvalue weighted by atomic mass is 16.3. The lowest BCUT2D eigenvalue weighted by Gasteiger charge is -1.95. The van der Waals surface area contributed by atoms with Crippen molar-refractivity contribution in [2.75, 3.05) is 5.73 Å². The van der Waals surface area contributed by atoms with E-state index in [9.17, 15) is 0 Å². The van der Waals surface area contributed by atoms with Crippen LogP contribution in [0.25, 0.3) is 11.1 Å². The minimum atomic E-state index is 0.433. The molecule has 0 atom stereocenters. The molecule has 2 rings (SSSR count). The fourth-order valence-electron chi connectivity index (χ4n) is 1.08. The molecular formula is C9H8N2O. The highest BCUT2D eigenvalue weighted by Gasteiger charge is 2.03. The van der Waals surface area contributed by atoms with E-state index in [0.717, 1.165) is 11.1 Å². The predicted octanol–water partition coefficient (Wildman–Crippen LogP) is 1.92. The van der Waals surface area contributed by atoms with Gasteiger partial charge in [-0.25, -0.2) is 0 Å². The van der Waals surface area contributed by atoms with Crippen LogP contribution >= 0.6 is 0 Å². The van der Waals surface area contributed by atoms with Gasteiger partial charge in [0.05, 0.1) is 6.26 Å². The Morgan fingerprint density at radius 1 is 1.33 bits per heavy atom. The lowest BCUT2D eigenvalue weighted by molar-refractivity contribution is 0.588. The van der Waals surface area contributed by atoms with Crippen molar-refractivity contribution in [1.29, 1.82) is 0 Å². The van der Waals surface area contributed by atoms with Crippen LogP contribution in [0, 0.1) is 0 Å². The van der Waals surface area contributed by atoms with Crippen molar-refractivity contribution in [3.63, 3.8) is 0 Å². The molecule has 2 N–H and O–H groups in total. The zero-order chi connectivity index (χ0) is 8.39. The molecule has 0 amide bonds. The molecule has 0 spiro atoms. The molecule has 3 nitrogen and oxygen atoms in total. The minimum Gasteiger partial charge on any atom is -0.449 e. The summed E-state index contributed by atoms with van der Waals surface area (Å²) in [5.41, 5.74) is 7.45. The standard InChI is InChI=1S/C9H8N2O/c10-9-8(3-5-12-9)7-2-1-4-11-6-7/h1-6H,10H2. The second kappa shape index (κ2) is 2.70. The van der Waals surface area contributed by atoms with Crippen molar-refractivity contribution in [3.05, 3.63) is 36.9 Å². The first kappa shape index (κ1) is 6.91. The zero-order valence-electron chi connectivity index (χ0n) is 6.40. The number of rotatable bonds is 1. The number of furan rings is 1. The Kier molecular flexibility index (Phi) is 1.55. The van der Waals surface area contributed by atoms with E-state index in [1.165, 1.54) is 0 Å². The topological polar surface area (TPSA) is 52.0 Å². The largest absolute Gasteiger partial charge is 0.449 e. The summed E-state index contributed by atoms with van der Waals surface area (Å²) >= 11 is 0. The lowest BCUT2D eigenvalue weighted by Crippen LogP contribution is -1.84. The van der Waals surface area contributed by atoms with Crippen molar-refractivity contribution in [2.45, 2.75) is 0 Å². The van der Waals surface area contributed by atoms with E-state index in [1.807, 2.05) is 18.2 Å². The molecule has 3 heteroatoms. The van der Waals surface area contributed by atoms with E-state index >= 15 is 0 Å². The first-order chi connectivity index (χ1) is 5.88. The summed E-state index contributed by atoms with van der Waals surface area (Å²) in [6, 6.07) is 5.63. The van der Waals surface area contributed by atoms with Gasteiger partial charge in [0, 0.05) is 23.5 Å². The van der Waals surface area contributed by atoms with Crippen molar-refractivity contribution >= 4 is 5.88 Å². The third kappa shape index (κ3) is 1.05. The molecule has 60 valence electrons. The number of hydrogen-bond donors (Lipinski definition) is 1. The van der Waals surface area contributed by atoms with Crippen LogP contribution in [-0.2, 0) is 0 Å². The fourth-order valence-corrected chi connectivity index (χ4v) is 1.08. The third-order valence-electron chi connectivity index (χ3n) is 1.67. The summed E-state index contributed by atoms with van der Waals surface area (Å²) in [5.74, 6) is 0.433. The maximum absolute atomic E-state index is 5.58. The molecule has 2 aromatic heterocycles. The third-order valence-corrected chi connectivity index (χ3v) is 1.67. The Balaban J connectivity index is 2.51. The summed E-state index contributed by atoms with van der Waals surface area (Å²) in [7, 11) is 0. The Morgan fingerprint density at radius 3 is 2.83 bits per heavy atom. The van der Waals surface area contributed by atoms with Gasteiger partial charge in [-0.05, 0) is 12.1 Å². The van der Waals surface area contributed by atoms with E-state index in [1.54, 1.807) is 18.7 Å². The molecule has 0 aliphatic rings. The van der Waals surface area contributed by atoms with Crippen molar-refractivity contribution in [2.24, 2.45) is 0 Å². The van der Waals surface area contributed by atoms with Crippen molar-refractivity contribution in [3.8, 4) is 11.1 Å². The molecule has 0 saturated heterocycles. The van der Waals surface area contributed by atoms with Gasteiger partial charge in [0.25, 0.3) is 0 Å². The molecule has 0 bridgehead atoms. The average molecular weight is 160 g/mol. The maximum Gasteiger partial charge on any atom is 0.198 e. The first-order valence-electron chi connectivity index (χ1n) is 3.61. The average Bonchev–Trinajstić information content (AvgIpc) is 2.53. The van der Waals surface area contributed by atoms with Gasteiger partial charge in [-0.15, -0.1) is 0 Å². The summed E-state index contributed by atoms with van der Waals surface area (Å²) in [6.45, 7) is 0. The molecule has 2 aromatic rings. The maximum atomic E-state index is 5.58. The smallest absolute Gasteiger partial charge is 0.198 e. The molecule has 12 heavy (non-hydrogen) atoms. The highest BCUT2D eigenvalue weighted by molar-refractivity contribution is 5.71. The molecular weight excluding hydrogens is 152 g/mol. The van der Waals surface area contributed by atoms with Gasteiger partial charge in [-0.2, -0.15) is 0 Å². The highest BCUT2D eigenvalue weighted by Crippen LogP contribution is 2.25. The number of hydrogen-bond acceptors (Lipinski definition) is 3. The number of anilines is 1. The van der Waals surface area contributed by atoms with Crippen LogP contribution in [0.2, 0.25) is 0 Å². The van der Waals surface area contributed by atoms with Crippen LogP contribution < -0.4 is 5.73 Å². The first-order valence-corrected chi connectivity index (χ1v) is 3.61. The predicted molar refractivity (Wildman–Crippen MR) is 46.4 cm³/mol. The number of pyridine rings is 1. The monoisotopic (exact) mass is 160 g/mol. The normalized spacial score (nSPS) is 10.0. The van der Waals surface area contributed by atoms with Gasteiger partial charge in [0.15, 0.2) is 5.88 Å². The van der Waals surface area contributed by atoms with E-state index in [2.05, 4.69) is 4.98 Å². The van der Waals surface area contributed by atoms with Crippen molar-refractivity contribution in [1.82, 2.24) is 4.98 Å². The van der Waals surface area contributed by atoms with Crippen LogP contribution in [0.3, 0.4) is 0 Å². The van der Waals surface area contributed by atoms with E-state index < -0.39 is 0 Å².